The van der Waals surface area contributed by atoms with E-state index in [1.165, 1.54) is 0 Å². The van der Waals surface area contributed by atoms with E-state index in [0.717, 1.165) is 12.8 Å². The first-order chi connectivity index (χ1) is 7.56. The smallest absolute Gasteiger partial charge is 0.270 e. The Hall–Kier alpha value is -1.29. The van der Waals surface area contributed by atoms with Gasteiger partial charge in [0.05, 0.1) is 18.7 Å². The largest absolute Gasteiger partial charge is 0.386 e. The summed E-state index contributed by atoms with van der Waals surface area (Å²) < 4.78 is 1.81. The molecule has 0 spiro atoms. The van der Waals surface area contributed by atoms with Crippen molar-refractivity contribution in [2.75, 3.05) is 13.1 Å². The number of rotatable bonds is 3. The van der Waals surface area contributed by atoms with Crippen LogP contribution in [0.3, 0.4) is 0 Å². The normalized spacial score (nSPS) is 18.3. The van der Waals surface area contributed by atoms with Gasteiger partial charge in [0.2, 0.25) is 0 Å². The fourth-order valence-corrected chi connectivity index (χ4v) is 2.28. The molecule has 0 atom stereocenters. The van der Waals surface area contributed by atoms with Gasteiger partial charge in [-0.25, -0.2) is 0 Å². The summed E-state index contributed by atoms with van der Waals surface area (Å²) >= 11 is 0. The third kappa shape index (κ3) is 1.85. The Morgan fingerprint density at radius 3 is 2.75 bits per heavy atom. The van der Waals surface area contributed by atoms with E-state index in [2.05, 4.69) is 0 Å². The van der Waals surface area contributed by atoms with Gasteiger partial charge in [0.1, 0.15) is 5.69 Å². The van der Waals surface area contributed by atoms with Crippen LogP contribution in [0.1, 0.15) is 30.3 Å². The second kappa shape index (κ2) is 3.94. The molecule has 1 saturated heterocycles. The Labute approximate surface area is 95.5 Å². The molecule has 1 aliphatic rings. The number of β-amino-alcohol motifs (C(OH)–C–C–N with tert-alkyl or cyclic N) is 1. The number of carbonyl (C=O) groups excluding carboxylic acids is 1. The first-order valence-electron chi connectivity index (χ1n) is 5.69. The molecule has 1 amide bonds. The summed E-state index contributed by atoms with van der Waals surface area (Å²) in [5.41, 5.74) is 0.0359. The average Bonchev–Trinajstić information content (AvgIpc) is 2.60. The van der Waals surface area contributed by atoms with Crippen molar-refractivity contribution in [3.8, 4) is 0 Å². The third-order valence-electron chi connectivity index (χ3n) is 3.14. The minimum absolute atomic E-state index is 0.00766. The van der Waals surface area contributed by atoms with Crippen molar-refractivity contribution < 1.29 is 9.90 Å². The van der Waals surface area contributed by atoms with E-state index in [9.17, 15) is 9.90 Å². The quantitative estimate of drug-likeness (QED) is 0.829. The fourth-order valence-electron chi connectivity index (χ4n) is 2.28. The van der Waals surface area contributed by atoms with Crippen LogP contribution in [0.15, 0.2) is 18.3 Å². The van der Waals surface area contributed by atoms with E-state index in [-0.39, 0.29) is 5.91 Å². The second-order valence-corrected chi connectivity index (χ2v) is 4.64. The van der Waals surface area contributed by atoms with Gasteiger partial charge in [-0.05, 0) is 18.6 Å². The highest BCUT2D eigenvalue weighted by Crippen LogP contribution is 2.27. The van der Waals surface area contributed by atoms with Crippen molar-refractivity contribution in [3.05, 3.63) is 24.0 Å². The predicted octanol–water partition coefficient (Wildman–Crippen LogP) is 1.01. The number of aromatic nitrogens is 1. The SMILES string of the molecule is CCCC1(O)CN(C(=O)c2cccn2C)C1. The van der Waals surface area contributed by atoms with Crippen LogP contribution in [-0.4, -0.2) is 39.2 Å². The molecule has 16 heavy (non-hydrogen) atoms. The zero-order valence-electron chi connectivity index (χ0n) is 9.81. The van der Waals surface area contributed by atoms with Crippen LogP contribution in [-0.2, 0) is 7.05 Å². The lowest BCUT2D eigenvalue weighted by atomic mass is 9.89. The zero-order valence-corrected chi connectivity index (χ0v) is 9.81. The summed E-state index contributed by atoms with van der Waals surface area (Å²) in [6.07, 6.45) is 3.57. The molecule has 4 heteroatoms. The Morgan fingerprint density at radius 2 is 2.25 bits per heavy atom. The van der Waals surface area contributed by atoms with Gasteiger partial charge in [0.15, 0.2) is 0 Å². The summed E-state index contributed by atoms with van der Waals surface area (Å²) in [5, 5.41) is 10.00. The summed E-state index contributed by atoms with van der Waals surface area (Å²) in [6, 6.07) is 3.66. The zero-order chi connectivity index (χ0) is 11.8. The predicted molar refractivity (Wildman–Crippen MR) is 61.2 cm³/mol. The van der Waals surface area contributed by atoms with E-state index in [0.29, 0.717) is 18.8 Å². The van der Waals surface area contributed by atoms with E-state index < -0.39 is 5.60 Å². The van der Waals surface area contributed by atoms with Gasteiger partial charge in [-0.3, -0.25) is 4.79 Å². The number of aliphatic hydroxyl groups is 1. The van der Waals surface area contributed by atoms with Crippen LogP contribution in [0.25, 0.3) is 0 Å². The number of likely N-dealkylation sites (tertiary alicyclic amines) is 1. The van der Waals surface area contributed by atoms with Crippen molar-refractivity contribution in [3.63, 3.8) is 0 Å². The molecule has 0 saturated carbocycles. The average molecular weight is 222 g/mol. The Kier molecular flexibility index (Phi) is 2.76. The van der Waals surface area contributed by atoms with Gasteiger partial charge in [-0.1, -0.05) is 13.3 Å². The molecule has 2 rings (SSSR count). The lowest BCUT2D eigenvalue weighted by molar-refractivity contribution is -0.0862. The van der Waals surface area contributed by atoms with Crippen molar-refractivity contribution in [1.29, 1.82) is 0 Å². The van der Waals surface area contributed by atoms with Crippen molar-refractivity contribution in [1.82, 2.24) is 9.47 Å². The van der Waals surface area contributed by atoms with E-state index in [1.54, 1.807) is 15.5 Å². The first kappa shape index (κ1) is 11.2. The molecule has 88 valence electrons. The Bertz CT molecular complexity index is 391. The minimum Gasteiger partial charge on any atom is -0.386 e. The van der Waals surface area contributed by atoms with Crippen molar-refractivity contribution in [2.45, 2.75) is 25.4 Å². The third-order valence-corrected chi connectivity index (χ3v) is 3.14. The molecule has 4 nitrogen and oxygen atoms in total. The van der Waals surface area contributed by atoms with Crippen LogP contribution in [0.2, 0.25) is 0 Å². The molecule has 0 bridgehead atoms. The van der Waals surface area contributed by atoms with Crippen LogP contribution < -0.4 is 0 Å². The molecule has 1 aliphatic heterocycles. The summed E-state index contributed by atoms with van der Waals surface area (Å²) in [7, 11) is 1.85. The maximum Gasteiger partial charge on any atom is 0.270 e. The number of hydrogen-bond acceptors (Lipinski definition) is 2. The van der Waals surface area contributed by atoms with Crippen LogP contribution in [0, 0.1) is 0 Å². The van der Waals surface area contributed by atoms with Crippen LogP contribution in [0.4, 0.5) is 0 Å². The molecule has 0 aromatic carbocycles. The van der Waals surface area contributed by atoms with Gasteiger partial charge in [-0.2, -0.15) is 0 Å². The van der Waals surface area contributed by atoms with E-state index in [4.69, 9.17) is 0 Å². The molecular weight excluding hydrogens is 204 g/mol. The van der Waals surface area contributed by atoms with Crippen LogP contribution in [0.5, 0.6) is 0 Å². The topological polar surface area (TPSA) is 45.5 Å². The standard InChI is InChI=1S/C12H18N2O2/c1-3-6-12(16)8-14(9-12)11(15)10-5-4-7-13(10)2/h4-5,7,16H,3,6,8-9H2,1-2H3. The fraction of sp³-hybridized carbons (Fsp3) is 0.583. The molecule has 1 aromatic heterocycles. The molecule has 0 unspecified atom stereocenters. The molecule has 1 N–H and O–H groups in total. The molecule has 1 aromatic rings. The summed E-state index contributed by atoms with van der Waals surface area (Å²) in [5.74, 6) is 0.00766. The molecule has 1 fully saturated rings. The number of amides is 1. The number of nitrogens with zero attached hydrogens (tertiary/aromatic N) is 2. The van der Waals surface area contributed by atoms with Gasteiger partial charge in [-0.15, -0.1) is 0 Å². The van der Waals surface area contributed by atoms with Crippen molar-refractivity contribution >= 4 is 5.91 Å². The number of hydrogen-bond donors (Lipinski definition) is 1. The van der Waals surface area contributed by atoms with E-state index >= 15 is 0 Å². The highest BCUT2D eigenvalue weighted by Gasteiger charge is 2.43. The summed E-state index contributed by atoms with van der Waals surface area (Å²) in [6.45, 7) is 2.97. The molecule has 0 aliphatic carbocycles. The Morgan fingerprint density at radius 1 is 1.56 bits per heavy atom. The van der Waals surface area contributed by atoms with E-state index in [1.807, 2.05) is 26.2 Å². The maximum atomic E-state index is 12.0. The molecular formula is C12H18N2O2. The Balaban J connectivity index is 1.98. The number of aryl methyl sites for hydroxylation is 1. The minimum atomic E-state index is -0.643. The maximum absolute atomic E-state index is 12.0. The monoisotopic (exact) mass is 222 g/mol. The molecule has 0 radical (unpaired) electrons. The van der Waals surface area contributed by atoms with Gasteiger partial charge in [0, 0.05) is 13.2 Å². The summed E-state index contributed by atoms with van der Waals surface area (Å²) in [4.78, 5) is 13.7. The van der Waals surface area contributed by atoms with Crippen LogP contribution >= 0.6 is 0 Å². The second-order valence-electron chi connectivity index (χ2n) is 4.64. The highest BCUT2D eigenvalue weighted by molar-refractivity contribution is 5.93. The molecule has 2 heterocycles. The highest BCUT2D eigenvalue weighted by atomic mass is 16.3. The first-order valence-corrected chi connectivity index (χ1v) is 5.69. The van der Waals surface area contributed by atoms with Gasteiger partial charge < -0.3 is 14.6 Å². The number of carbonyl (C=O) groups is 1. The van der Waals surface area contributed by atoms with Gasteiger partial charge in [0.25, 0.3) is 5.91 Å². The van der Waals surface area contributed by atoms with Gasteiger partial charge >= 0.3 is 0 Å². The lowest BCUT2D eigenvalue weighted by Crippen LogP contribution is -2.63. The van der Waals surface area contributed by atoms with Crippen molar-refractivity contribution in [2.24, 2.45) is 7.05 Å². The lowest BCUT2D eigenvalue weighted by Gasteiger charge is -2.46.